The van der Waals surface area contributed by atoms with Crippen LogP contribution in [0.5, 0.6) is 0 Å². The van der Waals surface area contributed by atoms with Crippen LogP contribution in [0.2, 0.25) is 10.0 Å². The van der Waals surface area contributed by atoms with Crippen LogP contribution in [0.15, 0.2) is 48.7 Å². The number of aromatic nitrogens is 1. The van der Waals surface area contributed by atoms with Gasteiger partial charge in [-0.05, 0) is 65.1 Å². The molecule has 3 aromatic rings. The molecule has 1 heterocycles. The van der Waals surface area contributed by atoms with Gasteiger partial charge >= 0.3 is 0 Å². The number of rotatable bonds is 2. The number of nitrogens with one attached hydrogen (secondary N) is 1. The lowest BCUT2D eigenvalue weighted by atomic mass is 10.1. The van der Waals surface area contributed by atoms with Crippen molar-refractivity contribution < 1.29 is 4.79 Å². The predicted octanol–water partition coefficient (Wildman–Crippen LogP) is 5.40. The van der Waals surface area contributed by atoms with Crippen LogP contribution in [0.3, 0.4) is 0 Å². The average molecular weight is 443 g/mol. The Hall–Kier alpha value is -1.37. The van der Waals surface area contributed by atoms with Crippen molar-refractivity contribution in [3.8, 4) is 0 Å². The molecule has 6 heteroatoms. The van der Waals surface area contributed by atoms with Crippen LogP contribution in [0.25, 0.3) is 10.9 Å². The van der Waals surface area contributed by atoms with Crippen LogP contribution in [-0.2, 0) is 0 Å². The number of halogens is 3. The summed E-state index contributed by atoms with van der Waals surface area (Å²) in [6.07, 6.45) is 1.67. The van der Waals surface area contributed by atoms with Gasteiger partial charge in [0.1, 0.15) is 0 Å². The fraction of sp³-hybridized carbons (Fsp3) is 0. The summed E-state index contributed by atoms with van der Waals surface area (Å²) in [5.74, 6) is -0.223. The maximum atomic E-state index is 12.5. The van der Waals surface area contributed by atoms with Crippen molar-refractivity contribution in [1.29, 1.82) is 0 Å². The van der Waals surface area contributed by atoms with Gasteiger partial charge in [-0.1, -0.05) is 23.2 Å². The second-order valence-corrected chi connectivity index (χ2v) is 6.58. The summed E-state index contributed by atoms with van der Waals surface area (Å²) in [5.41, 5.74) is 1.84. The van der Waals surface area contributed by atoms with Crippen molar-refractivity contribution >= 4 is 68.3 Å². The lowest BCUT2D eigenvalue weighted by molar-refractivity contribution is 0.102. The molecule has 3 rings (SSSR count). The Morgan fingerprint density at radius 2 is 1.95 bits per heavy atom. The van der Waals surface area contributed by atoms with Crippen LogP contribution in [-0.4, -0.2) is 10.9 Å². The molecule has 3 nitrogen and oxygen atoms in total. The molecule has 0 aliphatic heterocycles. The van der Waals surface area contributed by atoms with E-state index in [0.717, 1.165) is 8.96 Å². The second kappa shape index (κ2) is 6.40. The van der Waals surface area contributed by atoms with Crippen molar-refractivity contribution in [2.45, 2.75) is 0 Å². The quantitative estimate of drug-likeness (QED) is 0.540. The molecule has 0 saturated carbocycles. The van der Waals surface area contributed by atoms with Crippen LogP contribution < -0.4 is 5.32 Å². The zero-order valence-corrected chi connectivity index (χ0v) is 14.8. The zero-order valence-electron chi connectivity index (χ0n) is 11.1. The van der Waals surface area contributed by atoms with Gasteiger partial charge in [-0.25, -0.2) is 0 Å². The smallest absolute Gasteiger partial charge is 0.256 e. The molecule has 1 N–H and O–H groups in total. The van der Waals surface area contributed by atoms with E-state index in [4.69, 9.17) is 23.2 Å². The van der Waals surface area contributed by atoms with E-state index in [1.54, 1.807) is 42.6 Å². The Bertz CT molecular complexity index is 883. The summed E-state index contributed by atoms with van der Waals surface area (Å²) >= 11 is 14.2. The number of fused-ring (bicyclic) bond motifs is 1. The third-order valence-corrected chi connectivity index (χ3v) is 4.62. The number of benzene rings is 2. The van der Waals surface area contributed by atoms with Gasteiger partial charge in [0.05, 0.1) is 21.8 Å². The molecule has 0 radical (unpaired) electrons. The molecular formula is C16H9Cl2IN2O. The summed E-state index contributed by atoms with van der Waals surface area (Å²) in [5, 5.41) is 4.76. The summed E-state index contributed by atoms with van der Waals surface area (Å²) in [7, 11) is 0. The number of nitrogens with zero attached hydrogens (tertiary/aromatic N) is 1. The number of carbonyl (C=O) groups excluding carboxylic acids is 1. The maximum absolute atomic E-state index is 12.5. The normalized spacial score (nSPS) is 10.7. The minimum absolute atomic E-state index is 0.223. The number of hydrogen-bond acceptors (Lipinski definition) is 2. The fourth-order valence-corrected chi connectivity index (χ4v) is 3.07. The van der Waals surface area contributed by atoms with Crippen LogP contribution in [0.1, 0.15) is 10.4 Å². The number of amides is 1. The van der Waals surface area contributed by atoms with Crippen molar-refractivity contribution in [2.75, 3.05) is 5.32 Å². The Labute approximate surface area is 150 Å². The first-order valence-electron chi connectivity index (χ1n) is 6.36. The molecule has 0 spiro atoms. The van der Waals surface area contributed by atoms with Gasteiger partial charge in [-0.3, -0.25) is 9.78 Å². The molecule has 2 aromatic carbocycles. The number of hydrogen-bond donors (Lipinski definition) is 1. The number of carbonyl (C=O) groups is 1. The van der Waals surface area contributed by atoms with E-state index >= 15 is 0 Å². The lowest BCUT2D eigenvalue weighted by Crippen LogP contribution is -2.13. The first kappa shape index (κ1) is 15.5. The third kappa shape index (κ3) is 3.04. The minimum atomic E-state index is -0.223. The highest BCUT2D eigenvalue weighted by Crippen LogP contribution is 2.29. The standard InChI is InChI=1S/C16H9Cl2IN2O/c17-9-3-5-13(19)11(8-9)16(22)21-14-6-4-12(18)15-10(14)2-1-7-20-15/h1-8H,(H,21,22). The molecule has 0 atom stereocenters. The minimum Gasteiger partial charge on any atom is -0.321 e. The molecule has 1 amide bonds. The Morgan fingerprint density at radius 3 is 2.77 bits per heavy atom. The lowest BCUT2D eigenvalue weighted by Gasteiger charge is -2.10. The molecular weight excluding hydrogens is 434 g/mol. The largest absolute Gasteiger partial charge is 0.321 e. The Balaban J connectivity index is 2.02. The van der Waals surface area contributed by atoms with Gasteiger partial charge < -0.3 is 5.32 Å². The van der Waals surface area contributed by atoms with Crippen LogP contribution in [0, 0.1) is 3.57 Å². The molecule has 0 unspecified atom stereocenters. The zero-order chi connectivity index (χ0) is 15.7. The van der Waals surface area contributed by atoms with Crippen LogP contribution >= 0.6 is 45.8 Å². The highest BCUT2D eigenvalue weighted by atomic mass is 127. The van der Waals surface area contributed by atoms with Crippen molar-refractivity contribution in [1.82, 2.24) is 4.98 Å². The predicted molar refractivity (Wildman–Crippen MR) is 98.9 cm³/mol. The van der Waals surface area contributed by atoms with E-state index < -0.39 is 0 Å². The SMILES string of the molecule is O=C(Nc1ccc(Cl)c2ncccc12)c1cc(Cl)ccc1I. The summed E-state index contributed by atoms with van der Waals surface area (Å²) < 4.78 is 0.830. The molecule has 110 valence electrons. The molecule has 0 fully saturated rings. The Kier molecular flexibility index (Phi) is 4.52. The maximum Gasteiger partial charge on any atom is 0.256 e. The average Bonchev–Trinajstić information content (AvgIpc) is 2.52. The van der Waals surface area contributed by atoms with E-state index in [9.17, 15) is 4.79 Å². The van der Waals surface area contributed by atoms with Gasteiger partial charge in [0.15, 0.2) is 0 Å². The Morgan fingerprint density at radius 1 is 1.14 bits per heavy atom. The van der Waals surface area contributed by atoms with Crippen LogP contribution in [0.4, 0.5) is 5.69 Å². The highest BCUT2D eigenvalue weighted by molar-refractivity contribution is 14.1. The van der Waals surface area contributed by atoms with E-state index in [1.165, 1.54) is 0 Å². The van der Waals surface area contributed by atoms with Crippen molar-refractivity contribution in [2.24, 2.45) is 0 Å². The van der Waals surface area contributed by atoms with Gasteiger partial charge in [-0.15, -0.1) is 0 Å². The van der Waals surface area contributed by atoms with E-state index in [0.29, 0.717) is 26.8 Å². The molecule has 22 heavy (non-hydrogen) atoms. The van der Waals surface area contributed by atoms with Crippen molar-refractivity contribution in [3.63, 3.8) is 0 Å². The first-order valence-corrected chi connectivity index (χ1v) is 8.19. The van der Waals surface area contributed by atoms with Crippen molar-refractivity contribution in [3.05, 3.63) is 67.8 Å². The monoisotopic (exact) mass is 442 g/mol. The summed E-state index contributed by atoms with van der Waals surface area (Å²) in [6, 6.07) is 12.4. The molecule has 0 aliphatic carbocycles. The fourth-order valence-electron chi connectivity index (χ4n) is 2.11. The summed E-state index contributed by atoms with van der Waals surface area (Å²) in [6.45, 7) is 0. The third-order valence-electron chi connectivity index (χ3n) is 3.14. The van der Waals surface area contributed by atoms with Gasteiger partial charge in [0.25, 0.3) is 5.91 Å². The first-order chi connectivity index (χ1) is 10.6. The second-order valence-electron chi connectivity index (χ2n) is 4.57. The van der Waals surface area contributed by atoms with Gasteiger partial charge in [0, 0.05) is 20.2 Å². The van der Waals surface area contributed by atoms with Gasteiger partial charge in [0.2, 0.25) is 0 Å². The van der Waals surface area contributed by atoms with E-state index in [2.05, 4.69) is 32.9 Å². The number of anilines is 1. The summed E-state index contributed by atoms with van der Waals surface area (Å²) in [4.78, 5) is 16.7. The van der Waals surface area contributed by atoms with E-state index in [1.807, 2.05) is 6.07 Å². The molecule has 0 bridgehead atoms. The molecule has 0 aliphatic rings. The topological polar surface area (TPSA) is 42.0 Å². The van der Waals surface area contributed by atoms with E-state index in [-0.39, 0.29) is 5.91 Å². The highest BCUT2D eigenvalue weighted by Gasteiger charge is 2.13. The molecule has 0 saturated heterocycles. The number of pyridine rings is 1. The van der Waals surface area contributed by atoms with Gasteiger partial charge in [-0.2, -0.15) is 0 Å². The molecule has 1 aromatic heterocycles.